The highest BCUT2D eigenvalue weighted by atomic mass is 19.1. The minimum absolute atomic E-state index is 0.000620. The van der Waals surface area contributed by atoms with Gasteiger partial charge in [0.1, 0.15) is 23.9 Å². The molecular weight excluding hydrogens is 221 g/mol. The average Bonchev–Trinajstić information content (AvgIpc) is 2.77. The van der Waals surface area contributed by atoms with Crippen LogP contribution in [0.3, 0.4) is 0 Å². The molecule has 0 unspecified atom stereocenters. The molecule has 6 heteroatoms. The fraction of sp³-hybridized carbons (Fsp3) is 0.182. The van der Waals surface area contributed by atoms with E-state index in [1.54, 1.807) is 25.1 Å². The molecule has 2 N–H and O–H groups in total. The molecule has 5 nitrogen and oxygen atoms in total. The molecule has 0 spiro atoms. The zero-order valence-electron chi connectivity index (χ0n) is 9.13. The van der Waals surface area contributed by atoms with Crippen molar-refractivity contribution in [3.63, 3.8) is 0 Å². The van der Waals surface area contributed by atoms with Crippen LogP contribution in [-0.4, -0.2) is 14.8 Å². The molecule has 0 saturated carbocycles. The number of aromatic nitrogens is 3. The Balaban J connectivity index is 2.43. The predicted molar refractivity (Wildman–Crippen MR) is 58.6 cm³/mol. The van der Waals surface area contributed by atoms with E-state index in [4.69, 9.17) is 11.0 Å². The lowest BCUT2D eigenvalue weighted by Crippen LogP contribution is -2.07. The van der Waals surface area contributed by atoms with E-state index >= 15 is 0 Å². The highest BCUT2D eigenvalue weighted by Crippen LogP contribution is 2.17. The first-order chi connectivity index (χ1) is 8.11. The second-order valence-corrected chi connectivity index (χ2v) is 3.62. The summed E-state index contributed by atoms with van der Waals surface area (Å²) >= 11 is 0. The van der Waals surface area contributed by atoms with Gasteiger partial charge in [-0.2, -0.15) is 5.26 Å². The van der Waals surface area contributed by atoms with Crippen molar-refractivity contribution in [1.29, 1.82) is 5.26 Å². The molecule has 2 rings (SSSR count). The Morgan fingerprint density at radius 2 is 2.29 bits per heavy atom. The summed E-state index contributed by atoms with van der Waals surface area (Å²) in [6, 6.07) is 6.18. The molecule has 0 aliphatic heterocycles. The number of hydrogen-bond acceptors (Lipinski definition) is 4. The SMILES string of the molecule is C[C@@H](N)c1ccc(-n2cnc(C#N)n2)c(F)c1. The zero-order chi connectivity index (χ0) is 12.4. The van der Waals surface area contributed by atoms with Crippen molar-refractivity contribution in [3.05, 3.63) is 41.7 Å². The van der Waals surface area contributed by atoms with E-state index in [2.05, 4.69) is 10.1 Å². The molecule has 0 fully saturated rings. The van der Waals surface area contributed by atoms with Gasteiger partial charge in [0, 0.05) is 6.04 Å². The smallest absolute Gasteiger partial charge is 0.252 e. The van der Waals surface area contributed by atoms with Crippen LogP contribution in [0.15, 0.2) is 24.5 Å². The lowest BCUT2D eigenvalue weighted by atomic mass is 10.1. The van der Waals surface area contributed by atoms with Crippen LogP contribution >= 0.6 is 0 Å². The summed E-state index contributed by atoms with van der Waals surface area (Å²) in [5.41, 5.74) is 6.59. The lowest BCUT2D eigenvalue weighted by Gasteiger charge is -2.08. The topological polar surface area (TPSA) is 80.5 Å². The third-order valence-electron chi connectivity index (χ3n) is 2.34. The Bertz CT molecular complexity index is 582. The summed E-state index contributed by atoms with van der Waals surface area (Å²) in [6.45, 7) is 1.78. The van der Waals surface area contributed by atoms with Gasteiger partial charge in [0.05, 0.1) is 0 Å². The Hall–Kier alpha value is -2.26. The molecule has 1 heterocycles. The standard InChI is InChI=1S/C11H10FN5/c1-7(14)8-2-3-10(9(12)4-8)17-6-15-11(5-13)16-17/h2-4,6-7H,14H2,1H3/t7-/m1/s1. The van der Waals surface area contributed by atoms with Gasteiger partial charge >= 0.3 is 0 Å². The van der Waals surface area contributed by atoms with Crippen LogP contribution in [-0.2, 0) is 0 Å². The molecule has 0 bridgehead atoms. The summed E-state index contributed by atoms with van der Waals surface area (Å²) in [5.74, 6) is -0.449. The number of nitriles is 1. The minimum Gasteiger partial charge on any atom is -0.324 e. The second-order valence-electron chi connectivity index (χ2n) is 3.62. The maximum Gasteiger partial charge on any atom is 0.252 e. The normalized spacial score (nSPS) is 12.1. The van der Waals surface area contributed by atoms with Gasteiger partial charge in [0.25, 0.3) is 5.82 Å². The maximum atomic E-state index is 13.8. The molecule has 0 amide bonds. The van der Waals surface area contributed by atoms with Crippen molar-refractivity contribution in [2.24, 2.45) is 5.73 Å². The van der Waals surface area contributed by atoms with Crippen LogP contribution in [0.5, 0.6) is 0 Å². The van der Waals surface area contributed by atoms with Crippen molar-refractivity contribution in [2.45, 2.75) is 13.0 Å². The van der Waals surface area contributed by atoms with Gasteiger partial charge in [-0.1, -0.05) is 6.07 Å². The molecule has 0 saturated heterocycles. The maximum absolute atomic E-state index is 13.8. The van der Waals surface area contributed by atoms with E-state index in [0.29, 0.717) is 5.56 Å². The molecule has 17 heavy (non-hydrogen) atoms. The fourth-order valence-electron chi connectivity index (χ4n) is 1.42. The number of halogens is 1. The van der Waals surface area contributed by atoms with E-state index in [1.807, 2.05) is 0 Å². The Morgan fingerprint density at radius 1 is 1.53 bits per heavy atom. The zero-order valence-corrected chi connectivity index (χ0v) is 9.13. The first-order valence-corrected chi connectivity index (χ1v) is 4.99. The molecular formula is C11H10FN5. The molecule has 1 aromatic heterocycles. The van der Waals surface area contributed by atoms with E-state index in [0.717, 1.165) is 0 Å². The van der Waals surface area contributed by atoms with Crippen molar-refractivity contribution < 1.29 is 4.39 Å². The molecule has 2 aromatic rings. The van der Waals surface area contributed by atoms with E-state index < -0.39 is 5.82 Å². The Labute approximate surface area is 97.3 Å². The van der Waals surface area contributed by atoms with Crippen LogP contribution in [0.4, 0.5) is 4.39 Å². The summed E-state index contributed by atoms with van der Waals surface area (Å²) in [6.07, 6.45) is 1.29. The van der Waals surface area contributed by atoms with Crippen LogP contribution in [0.25, 0.3) is 5.69 Å². The first-order valence-electron chi connectivity index (χ1n) is 4.99. The molecule has 0 radical (unpaired) electrons. The van der Waals surface area contributed by atoms with Crippen LogP contribution in [0, 0.1) is 17.1 Å². The summed E-state index contributed by atoms with van der Waals surface area (Å²) in [4.78, 5) is 3.71. The predicted octanol–water partition coefficient (Wildman–Crippen LogP) is 1.30. The van der Waals surface area contributed by atoms with Gasteiger partial charge < -0.3 is 5.73 Å². The first kappa shape index (κ1) is 11.2. The second kappa shape index (κ2) is 4.31. The van der Waals surface area contributed by atoms with E-state index in [9.17, 15) is 4.39 Å². The number of hydrogen-bond donors (Lipinski definition) is 1. The van der Waals surface area contributed by atoms with Gasteiger partial charge in [-0.25, -0.2) is 14.1 Å². The van der Waals surface area contributed by atoms with Gasteiger partial charge in [-0.05, 0) is 24.6 Å². The van der Waals surface area contributed by atoms with Gasteiger partial charge in [0.2, 0.25) is 0 Å². The number of benzene rings is 1. The van der Waals surface area contributed by atoms with Crippen molar-refractivity contribution in [3.8, 4) is 11.8 Å². The Morgan fingerprint density at radius 3 is 2.82 bits per heavy atom. The highest BCUT2D eigenvalue weighted by molar-refractivity contribution is 5.36. The summed E-state index contributed by atoms with van der Waals surface area (Å²) < 4.78 is 15.0. The van der Waals surface area contributed by atoms with Crippen molar-refractivity contribution >= 4 is 0 Å². The van der Waals surface area contributed by atoms with E-state index in [-0.39, 0.29) is 17.6 Å². The van der Waals surface area contributed by atoms with Crippen LogP contribution in [0.1, 0.15) is 24.4 Å². The lowest BCUT2D eigenvalue weighted by molar-refractivity contribution is 0.605. The van der Waals surface area contributed by atoms with Crippen LogP contribution < -0.4 is 5.73 Å². The third kappa shape index (κ3) is 2.14. The Kier molecular flexibility index (Phi) is 2.85. The average molecular weight is 231 g/mol. The van der Waals surface area contributed by atoms with Crippen LogP contribution in [0.2, 0.25) is 0 Å². The quantitative estimate of drug-likeness (QED) is 0.844. The minimum atomic E-state index is -0.450. The molecule has 1 atom stereocenters. The number of rotatable bonds is 2. The van der Waals surface area contributed by atoms with Gasteiger partial charge in [-0.3, -0.25) is 0 Å². The molecule has 1 aromatic carbocycles. The summed E-state index contributed by atoms with van der Waals surface area (Å²) in [7, 11) is 0. The molecule has 86 valence electrons. The van der Waals surface area contributed by atoms with Crippen molar-refractivity contribution in [2.75, 3.05) is 0 Å². The molecule has 0 aliphatic carbocycles. The molecule has 0 aliphatic rings. The largest absolute Gasteiger partial charge is 0.324 e. The number of nitrogens with zero attached hydrogens (tertiary/aromatic N) is 4. The fourth-order valence-corrected chi connectivity index (χ4v) is 1.42. The van der Waals surface area contributed by atoms with Crippen molar-refractivity contribution in [1.82, 2.24) is 14.8 Å². The monoisotopic (exact) mass is 231 g/mol. The van der Waals surface area contributed by atoms with Gasteiger partial charge in [-0.15, -0.1) is 5.10 Å². The number of nitrogens with two attached hydrogens (primary N) is 1. The van der Waals surface area contributed by atoms with Gasteiger partial charge in [0.15, 0.2) is 0 Å². The highest BCUT2D eigenvalue weighted by Gasteiger charge is 2.09. The third-order valence-corrected chi connectivity index (χ3v) is 2.34. The summed E-state index contributed by atoms with van der Waals surface area (Å²) in [5, 5.41) is 12.4. The van der Waals surface area contributed by atoms with E-state index in [1.165, 1.54) is 17.1 Å².